The van der Waals surface area contributed by atoms with Crippen molar-refractivity contribution < 1.29 is 14.2 Å². The van der Waals surface area contributed by atoms with Gasteiger partial charge in [0.25, 0.3) is 0 Å². The summed E-state index contributed by atoms with van der Waals surface area (Å²) in [7, 11) is 6.73. The molecule has 0 aliphatic carbocycles. The van der Waals surface area contributed by atoms with Gasteiger partial charge in [0.15, 0.2) is 17.5 Å². The second-order valence-corrected chi connectivity index (χ2v) is 7.27. The molecule has 0 radical (unpaired) electrons. The Balaban J connectivity index is 0.00000300. The van der Waals surface area contributed by atoms with Gasteiger partial charge in [-0.15, -0.1) is 35.3 Å². The summed E-state index contributed by atoms with van der Waals surface area (Å²) >= 11 is 1.79. The van der Waals surface area contributed by atoms with E-state index >= 15 is 0 Å². The van der Waals surface area contributed by atoms with Crippen LogP contribution in [0.2, 0.25) is 0 Å². The summed E-state index contributed by atoms with van der Waals surface area (Å²) in [5.74, 6) is 2.97. The van der Waals surface area contributed by atoms with E-state index in [0.717, 1.165) is 43.5 Å². The number of benzene rings is 1. The van der Waals surface area contributed by atoms with Gasteiger partial charge in [-0.25, -0.2) is 0 Å². The Morgan fingerprint density at radius 1 is 1.03 bits per heavy atom. The van der Waals surface area contributed by atoms with Gasteiger partial charge in [-0.1, -0.05) is 0 Å². The predicted octanol–water partition coefficient (Wildman–Crippen LogP) is 3.29. The number of hydrogen-bond donors (Lipinski definition) is 1. The van der Waals surface area contributed by atoms with Crippen molar-refractivity contribution in [3.8, 4) is 17.2 Å². The summed E-state index contributed by atoms with van der Waals surface area (Å²) in [6.45, 7) is 4.42. The van der Waals surface area contributed by atoms with Crippen molar-refractivity contribution in [1.82, 2.24) is 10.2 Å². The highest BCUT2D eigenvalue weighted by Crippen LogP contribution is 2.34. The van der Waals surface area contributed by atoms with Crippen LogP contribution in [0.15, 0.2) is 34.6 Å². The average Bonchev–Trinajstić information content (AvgIpc) is 3.29. The highest BCUT2D eigenvalue weighted by Gasteiger charge is 2.21. The Labute approximate surface area is 193 Å². The minimum absolute atomic E-state index is 0. The lowest BCUT2D eigenvalue weighted by atomic mass is 10.1. The number of aliphatic imine (C=N–C) groups is 1. The molecule has 2 heterocycles. The van der Waals surface area contributed by atoms with Crippen molar-refractivity contribution in [3.05, 3.63) is 35.2 Å². The predicted molar refractivity (Wildman–Crippen MR) is 130 cm³/mol. The van der Waals surface area contributed by atoms with Crippen molar-refractivity contribution in [2.75, 3.05) is 59.5 Å². The normalized spacial score (nSPS) is 14.3. The van der Waals surface area contributed by atoms with Crippen molar-refractivity contribution >= 4 is 46.3 Å². The maximum absolute atomic E-state index is 5.52. The highest BCUT2D eigenvalue weighted by molar-refractivity contribution is 14.0. The molecular formula is C20H29IN4O3S. The molecule has 0 saturated carbocycles. The van der Waals surface area contributed by atoms with Gasteiger partial charge >= 0.3 is 0 Å². The number of methoxy groups -OCH3 is 3. The van der Waals surface area contributed by atoms with Crippen LogP contribution in [0.3, 0.4) is 0 Å². The lowest BCUT2D eigenvalue weighted by molar-refractivity contribution is 0.347. The zero-order valence-electron chi connectivity index (χ0n) is 17.3. The molecule has 0 spiro atoms. The number of halogens is 1. The maximum Gasteiger partial charge on any atom is 0.194 e. The molecule has 0 atom stereocenters. The van der Waals surface area contributed by atoms with Gasteiger partial charge in [0.2, 0.25) is 0 Å². The van der Waals surface area contributed by atoms with E-state index in [1.54, 1.807) is 32.7 Å². The monoisotopic (exact) mass is 532 g/mol. The number of nitrogens with zero attached hydrogens (tertiary/aromatic N) is 3. The van der Waals surface area contributed by atoms with Gasteiger partial charge in [0.05, 0.1) is 26.3 Å². The van der Waals surface area contributed by atoms with E-state index in [-0.39, 0.29) is 24.0 Å². The molecule has 160 valence electrons. The van der Waals surface area contributed by atoms with Crippen LogP contribution in [0.5, 0.6) is 17.2 Å². The minimum atomic E-state index is 0. The minimum Gasteiger partial charge on any atom is -0.496 e. The summed E-state index contributed by atoms with van der Waals surface area (Å²) < 4.78 is 16.3. The van der Waals surface area contributed by atoms with Crippen LogP contribution in [0.1, 0.15) is 5.56 Å². The maximum atomic E-state index is 5.52. The smallest absolute Gasteiger partial charge is 0.194 e. The molecule has 1 saturated heterocycles. The van der Waals surface area contributed by atoms with Crippen molar-refractivity contribution in [2.45, 2.75) is 6.54 Å². The fourth-order valence-electron chi connectivity index (χ4n) is 3.33. The van der Waals surface area contributed by atoms with Crippen LogP contribution in [-0.4, -0.2) is 65.4 Å². The Kier molecular flexibility index (Phi) is 9.15. The number of piperazine rings is 1. The summed E-state index contributed by atoms with van der Waals surface area (Å²) in [6.07, 6.45) is 0. The Hall–Kier alpha value is -1.88. The molecule has 0 amide bonds. The van der Waals surface area contributed by atoms with Gasteiger partial charge in [0.1, 0.15) is 5.75 Å². The molecular weight excluding hydrogens is 503 g/mol. The topological polar surface area (TPSA) is 58.6 Å². The quantitative estimate of drug-likeness (QED) is 0.350. The molecule has 1 fully saturated rings. The number of thiophene rings is 1. The summed E-state index contributed by atoms with van der Waals surface area (Å²) in [5.41, 5.74) is 0.985. The first kappa shape index (κ1) is 23.4. The zero-order valence-corrected chi connectivity index (χ0v) is 20.5. The van der Waals surface area contributed by atoms with Crippen molar-refractivity contribution in [2.24, 2.45) is 4.99 Å². The van der Waals surface area contributed by atoms with E-state index in [1.807, 2.05) is 19.2 Å². The summed E-state index contributed by atoms with van der Waals surface area (Å²) in [5, 5.41) is 6.91. The number of anilines is 1. The Morgan fingerprint density at radius 2 is 1.69 bits per heavy atom. The Morgan fingerprint density at radius 3 is 2.24 bits per heavy atom. The molecule has 29 heavy (non-hydrogen) atoms. The van der Waals surface area contributed by atoms with Crippen LogP contribution < -0.4 is 24.4 Å². The first-order chi connectivity index (χ1) is 13.7. The second kappa shape index (κ2) is 11.3. The molecule has 1 N–H and O–H groups in total. The van der Waals surface area contributed by atoms with Crippen LogP contribution in [0.4, 0.5) is 5.00 Å². The van der Waals surface area contributed by atoms with E-state index in [2.05, 4.69) is 37.6 Å². The van der Waals surface area contributed by atoms with Crippen LogP contribution in [0, 0.1) is 0 Å². The molecule has 2 aromatic rings. The molecule has 1 aromatic carbocycles. The SMILES string of the molecule is CN=C(NCc1cc(OC)c(OC)cc1OC)N1CCN(c2cccs2)CC1.I. The van der Waals surface area contributed by atoms with Gasteiger partial charge in [-0.3, -0.25) is 4.99 Å². The van der Waals surface area contributed by atoms with E-state index in [4.69, 9.17) is 14.2 Å². The molecule has 1 aliphatic heterocycles. The van der Waals surface area contributed by atoms with Gasteiger partial charge in [-0.05, 0) is 23.6 Å². The highest BCUT2D eigenvalue weighted by atomic mass is 127. The lowest BCUT2D eigenvalue weighted by Gasteiger charge is -2.37. The van der Waals surface area contributed by atoms with Gasteiger partial charge in [0, 0.05) is 51.4 Å². The molecule has 1 aromatic heterocycles. The first-order valence-corrected chi connectivity index (χ1v) is 10.1. The summed E-state index contributed by atoms with van der Waals surface area (Å²) in [6, 6.07) is 8.06. The van der Waals surface area contributed by atoms with Gasteiger partial charge in [-0.2, -0.15) is 0 Å². The first-order valence-electron chi connectivity index (χ1n) is 9.23. The third kappa shape index (κ3) is 5.59. The third-order valence-corrected chi connectivity index (χ3v) is 5.76. The zero-order chi connectivity index (χ0) is 19.9. The molecule has 1 aliphatic rings. The fraction of sp³-hybridized carbons (Fsp3) is 0.450. The second-order valence-electron chi connectivity index (χ2n) is 6.35. The third-order valence-electron chi connectivity index (χ3n) is 4.83. The standard InChI is InChI=1S/C20H28N4O3S.HI/c1-21-20(24-9-7-23(8-10-24)19-6-5-11-28-19)22-14-15-12-17(26-3)18(27-4)13-16(15)25-2;/h5-6,11-13H,7-10,14H2,1-4H3,(H,21,22);1H. The van der Waals surface area contributed by atoms with Gasteiger partial charge < -0.3 is 29.3 Å². The molecule has 3 rings (SSSR count). The van der Waals surface area contributed by atoms with E-state index in [1.165, 1.54) is 5.00 Å². The lowest BCUT2D eigenvalue weighted by Crippen LogP contribution is -2.52. The van der Waals surface area contributed by atoms with E-state index in [0.29, 0.717) is 18.0 Å². The summed E-state index contributed by atoms with van der Waals surface area (Å²) in [4.78, 5) is 9.18. The number of rotatable bonds is 6. The molecule has 0 unspecified atom stereocenters. The molecule has 9 heteroatoms. The largest absolute Gasteiger partial charge is 0.496 e. The average molecular weight is 532 g/mol. The molecule has 0 bridgehead atoms. The van der Waals surface area contributed by atoms with Crippen molar-refractivity contribution in [3.63, 3.8) is 0 Å². The number of nitrogens with one attached hydrogen (secondary N) is 1. The van der Waals surface area contributed by atoms with Crippen LogP contribution in [-0.2, 0) is 6.54 Å². The number of hydrogen-bond acceptors (Lipinski definition) is 6. The molecule has 7 nitrogen and oxygen atoms in total. The van der Waals surface area contributed by atoms with Crippen molar-refractivity contribution in [1.29, 1.82) is 0 Å². The van der Waals surface area contributed by atoms with Crippen LogP contribution >= 0.6 is 35.3 Å². The number of ether oxygens (including phenoxy) is 3. The number of guanidine groups is 1. The van der Waals surface area contributed by atoms with E-state index in [9.17, 15) is 0 Å². The fourth-order valence-corrected chi connectivity index (χ4v) is 4.11. The Bertz CT molecular complexity index is 793. The van der Waals surface area contributed by atoms with Crippen LogP contribution in [0.25, 0.3) is 0 Å². The van der Waals surface area contributed by atoms with E-state index < -0.39 is 0 Å².